The molecule has 0 bridgehead atoms. The van der Waals surface area contributed by atoms with Gasteiger partial charge in [0.1, 0.15) is 5.75 Å². The summed E-state index contributed by atoms with van der Waals surface area (Å²) >= 11 is 0. The van der Waals surface area contributed by atoms with Crippen LogP contribution in [0, 0.1) is 11.3 Å². The predicted molar refractivity (Wildman–Crippen MR) is 87.6 cm³/mol. The van der Waals surface area contributed by atoms with Crippen molar-refractivity contribution in [3.8, 4) is 11.8 Å². The number of amides is 1. The van der Waals surface area contributed by atoms with E-state index in [0.717, 1.165) is 38.1 Å². The van der Waals surface area contributed by atoms with Gasteiger partial charge in [0.15, 0.2) is 0 Å². The van der Waals surface area contributed by atoms with E-state index in [-0.39, 0.29) is 11.9 Å². The average molecular weight is 341 g/mol. The minimum Gasteiger partial charge on any atom is -0.494 e. The van der Waals surface area contributed by atoms with E-state index < -0.39 is 5.91 Å². The van der Waals surface area contributed by atoms with Crippen LogP contribution in [0.4, 0.5) is 0 Å². The molecule has 0 aliphatic carbocycles. The number of benzene rings is 1. The maximum Gasteiger partial charge on any atom is 0.290 e. The van der Waals surface area contributed by atoms with E-state index in [9.17, 15) is 4.79 Å². The van der Waals surface area contributed by atoms with Gasteiger partial charge in [0.25, 0.3) is 11.7 Å². The van der Waals surface area contributed by atoms with Gasteiger partial charge in [-0.2, -0.15) is 10.2 Å². The van der Waals surface area contributed by atoms with E-state index in [1.807, 2.05) is 0 Å². The van der Waals surface area contributed by atoms with Crippen molar-refractivity contribution in [2.75, 3.05) is 19.7 Å². The number of carbonyl (C=O) groups excluding carboxylic acids is 1. The summed E-state index contributed by atoms with van der Waals surface area (Å²) in [6, 6.07) is 9.15. The molecule has 2 aromatic rings. The molecule has 1 aliphatic heterocycles. The summed E-state index contributed by atoms with van der Waals surface area (Å²) in [5.74, 6) is 0.431. The van der Waals surface area contributed by atoms with Crippen LogP contribution in [0.25, 0.3) is 0 Å². The molecule has 1 aromatic carbocycles. The van der Waals surface area contributed by atoms with Crippen LogP contribution in [0.5, 0.6) is 5.75 Å². The second-order valence-electron chi connectivity index (χ2n) is 5.85. The number of hydrogen-bond acceptors (Lipinski definition) is 7. The van der Waals surface area contributed by atoms with Gasteiger partial charge in [0.2, 0.25) is 5.89 Å². The third kappa shape index (κ3) is 4.14. The third-order valence-corrected chi connectivity index (χ3v) is 4.15. The van der Waals surface area contributed by atoms with Gasteiger partial charge in [-0.05, 0) is 50.1 Å². The molecule has 25 heavy (non-hydrogen) atoms. The van der Waals surface area contributed by atoms with Crippen LogP contribution in [-0.4, -0.2) is 40.6 Å². The average Bonchev–Trinajstić information content (AvgIpc) is 3.28. The van der Waals surface area contributed by atoms with Gasteiger partial charge in [-0.25, -0.2) is 0 Å². The third-order valence-electron chi connectivity index (χ3n) is 4.15. The van der Waals surface area contributed by atoms with Gasteiger partial charge < -0.3 is 15.0 Å². The van der Waals surface area contributed by atoms with Crippen molar-refractivity contribution < 1.29 is 14.1 Å². The fourth-order valence-corrected chi connectivity index (χ4v) is 2.93. The minimum atomic E-state index is -0.685. The molecule has 1 atom stereocenters. The van der Waals surface area contributed by atoms with Gasteiger partial charge in [-0.15, -0.1) is 0 Å². The topological polar surface area (TPSA) is 118 Å². The Labute approximate surface area is 145 Å². The number of rotatable bonds is 7. The smallest absolute Gasteiger partial charge is 0.290 e. The molecule has 8 nitrogen and oxygen atoms in total. The Morgan fingerprint density at radius 2 is 2.24 bits per heavy atom. The highest BCUT2D eigenvalue weighted by molar-refractivity contribution is 5.88. The minimum absolute atomic E-state index is 0.0236. The molecule has 130 valence electrons. The predicted octanol–water partition coefficient (Wildman–Crippen LogP) is 1.65. The van der Waals surface area contributed by atoms with Gasteiger partial charge in [-0.3, -0.25) is 9.69 Å². The van der Waals surface area contributed by atoms with E-state index >= 15 is 0 Å². The maximum atomic E-state index is 11.1. The number of aromatic nitrogens is 2. The number of likely N-dealkylation sites (tertiary alicyclic amines) is 1. The maximum absolute atomic E-state index is 11.1. The lowest BCUT2D eigenvalue weighted by Gasteiger charge is -2.21. The van der Waals surface area contributed by atoms with Gasteiger partial charge in [0, 0.05) is 6.54 Å². The summed E-state index contributed by atoms with van der Waals surface area (Å²) in [4.78, 5) is 17.4. The number of nitrogens with two attached hydrogens (primary N) is 1. The Morgan fingerprint density at radius 3 is 2.92 bits per heavy atom. The van der Waals surface area contributed by atoms with Crippen molar-refractivity contribution in [2.45, 2.75) is 25.3 Å². The number of nitriles is 1. The second kappa shape index (κ2) is 7.77. The first kappa shape index (κ1) is 16.9. The molecule has 1 aromatic heterocycles. The number of carbonyl (C=O) groups is 1. The first-order valence-electron chi connectivity index (χ1n) is 8.18. The zero-order chi connectivity index (χ0) is 17.6. The summed E-state index contributed by atoms with van der Waals surface area (Å²) in [5.41, 5.74) is 5.77. The zero-order valence-electron chi connectivity index (χ0n) is 13.7. The Morgan fingerprint density at radius 1 is 1.44 bits per heavy atom. The van der Waals surface area contributed by atoms with Crippen LogP contribution in [0.2, 0.25) is 0 Å². The van der Waals surface area contributed by atoms with E-state index in [1.54, 1.807) is 24.3 Å². The monoisotopic (exact) mass is 341 g/mol. The van der Waals surface area contributed by atoms with Crippen molar-refractivity contribution in [2.24, 2.45) is 5.73 Å². The molecule has 2 heterocycles. The van der Waals surface area contributed by atoms with E-state index in [2.05, 4.69) is 21.1 Å². The SMILES string of the molecule is N#Cc1ccc(OCCCN2CCCC2c2nc(C(N)=O)no2)cc1. The largest absolute Gasteiger partial charge is 0.494 e. The quantitative estimate of drug-likeness (QED) is 0.760. The van der Waals surface area contributed by atoms with Crippen molar-refractivity contribution in [1.29, 1.82) is 5.26 Å². The normalized spacial score (nSPS) is 17.3. The van der Waals surface area contributed by atoms with Gasteiger partial charge in [0.05, 0.1) is 24.3 Å². The van der Waals surface area contributed by atoms with E-state index in [4.69, 9.17) is 20.3 Å². The van der Waals surface area contributed by atoms with Crippen LogP contribution in [0.15, 0.2) is 28.8 Å². The Hall–Kier alpha value is -2.92. The highest BCUT2D eigenvalue weighted by atomic mass is 16.5. The first-order valence-corrected chi connectivity index (χ1v) is 8.18. The molecule has 0 saturated carbocycles. The Balaban J connectivity index is 1.48. The van der Waals surface area contributed by atoms with Crippen molar-refractivity contribution in [1.82, 2.24) is 15.0 Å². The zero-order valence-corrected chi connectivity index (χ0v) is 13.7. The van der Waals surface area contributed by atoms with Crippen molar-refractivity contribution in [3.05, 3.63) is 41.5 Å². The number of ether oxygens (including phenoxy) is 1. The van der Waals surface area contributed by atoms with Crippen LogP contribution >= 0.6 is 0 Å². The molecule has 0 radical (unpaired) electrons. The summed E-state index contributed by atoms with van der Waals surface area (Å²) in [7, 11) is 0. The van der Waals surface area contributed by atoms with Crippen LogP contribution < -0.4 is 10.5 Å². The summed E-state index contributed by atoms with van der Waals surface area (Å²) in [5, 5.41) is 12.4. The molecule has 1 aliphatic rings. The summed E-state index contributed by atoms with van der Waals surface area (Å²) in [6.45, 7) is 2.34. The van der Waals surface area contributed by atoms with Crippen molar-refractivity contribution >= 4 is 5.91 Å². The molecule has 1 saturated heterocycles. The lowest BCUT2D eigenvalue weighted by atomic mass is 10.2. The van der Waals surface area contributed by atoms with Gasteiger partial charge in [-0.1, -0.05) is 5.16 Å². The van der Waals surface area contributed by atoms with E-state index in [0.29, 0.717) is 18.1 Å². The van der Waals surface area contributed by atoms with Crippen LogP contribution in [0.3, 0.4) is 0 Å². The summed E-state index contributed by atoms with van der Waals surface area (Å²) in [6.07, 6.45) is 2.79. The fraction of sp³-hybridized carbons (Fsp3) is 0.412. The Bertz CT molecular complexity index is 765. The fourth-order valence-electron chi connectivity index (χ4n) is 2.93. The first-order chi connectivity index (χ1) is 12.2. The lowest BCUT2D eigenvalue weighted by Crippen LogP contribution is -2.26. The molecule has 8 heteroatoms. The highest BCUT2D eigenvalue weighted by Crippen LogP contribution is 2.30. The van der Waals surface area contributed by atoms with Gasteiger partial charge >= 0.3 is 0 Å². The van der Waals surface area contributed by atoms with E-state index in [1.165, 1.54) is 0 Å². The standard InChI is InChI=1S/C17H19N5O3/c18-11-12-4-6-13(7-5-12)24-10-2-9-22-8-1-3-14(22)17-20-16(15(19)23)21-25-17/h4-7,14H,1-3,8-10H2,(H2,19,23). The molecule has 1 fully saturated rings. The molecular formula is C17H19N5O3. The summed E-state index contributed by atoms with van der Waals surface area (Å²) < 4.78 is 10.9. The second-order valence-corrected chi connectivity index (χ2v) is 5.85. The number of hydrogen-bond donors (Lipinski definition) is 1. The molecular weight excluding hydrogens is 322 g/mol. The molecule has 0 spiro atoms. The lowest BCUT2D eigenvalue weighted by molar-refractivity contribution is 0.0987. The van der Waals surface area contributed by atoms with Crippen LogP contribution in [-0.2, 0) is 0 Å². The Kier molecular flexibility index (Phi) is 5.26. The molecule has 1 amide bonds. The molecule has 3 rings (SSSR count). The molecule has 1 unspecified atom stereocenters. The number of nitrogens with zero attached hydrogens (tertiary/aromatic N) is 4. The highest BCUT2D eigenvalue weighted by Gasteiger charge is 2.30. The van der Waals surface area contributed by atoms with Crippen molar-refractivity contribution in [3.63, 3.8) is 0 Å². The number of primary amides is 1. The molecule has 2 N–H and O–H groups in total. The van der Waals surface area contributed by atoms with Crippen LogP contribution in [0.1, 0.15) is 47.4 Å².